The molecule has 1 aromatic heterocycles. The third kappa shape index (κ3) is 5.17. The summed E-state index contributed by atoms with van der Waals surface area (Å²) >= 11 is 0. The third-order valence-corrected chi connectivity index (χ3v) is 5.35. The van der Waals surface area contributed by atoms with Crippen molar-refractivity contribution in [2.45, 2.75) is 51.7 Å². The molecule has 2 fully saturated rings. The molecular weight excluding hydrogens is 390 g/mol. The van der Waals surface area contributed by atoms with Gasteiger partial charge in [0.2, 0.25) is 11.7 Å². The molecule has 0 saturated carbocycles. The lowest BCUT2D eigenvalue weighted by atomic mass is 10.0. The third-order valence-electron chi connectivity index (χ3n) is 5.35. The molecule has 10 heteroatoms. The number of rotatable bonds is 3. The van der Waals surface area contributed by atoms with Crippen molar-refractivity contribution in [3.8, 4) is 0 Å². The molecular formula is C20H29N5O5. The highest BCUT2D eigenvalue weighted by Crippen LogP contribution is 2.29. The van der Waals surface area contributed by atoms with Crippen LogP contribution >= 0.6 is 0 Å². The zero-order valence-corrected chi connectivity index (χ0v) is 17.7. The first-order valence-corrected chi connectivity index (χ1v) is 10.3. The average molecular weight is 419 g/mol. The van der Waals surface area contributed by atoms with Gasteiger partial charge in [-0.15, -0.1) is 0 Å². The minimum absolute atomic E-state index is 0.00481. The van der Waals surface area contributed by atoms with E-state index in [2.05, 4.69) is 4.98 Å². The molecule has 3 heterocycles. The van der Waals surface area contributed by atoms with Crippen molar-refractivity contribution in [1.82, 2.24) is 14.8 Å². The van der Waals surface area contributed by atoms with Crippen molar-refractivity contribution in [2.24, 2.45) is 0 Å². The highest BCUT2D eigenvalue weighted by Gasteiger charge is 2.33. The van der Waals surface area contributed by atoms with Gasteiger partial charge in [0, 0.05) is 57.4 Å². The second-order valence-electron chi connectivity index (χ2n) is 8.63. The van der Waals surface area contributed by atoms with Crippen molar-refractivity contribution >= 4 is 23.5 Å². The molecule has 1 aromatic rings. The van der Waals surface area contributed by atoms with Crippen LogP contribution in [-0.2, 0) is 9.53 Å². The van der Waals surface area contributed by atoms with Crippen LogP contribution in [0.5, 0.6) is 0 Å². The minimum Gasteiger partial charge on any atom is -0.444 e. The fourth-order valence-electron chi connectivity index (χ4n) is 3.90. The van der Waals surface area contributed by atoms with Crippen molar-refractivity contribution in [1.29, 1.82) is 0 Å². The van der Waals surface area contributed by atoms with Gasteiger partial charge in [-0.2, -0.15) is 0 Å². The summed E-state index contributed by atoms with van der Waals surface area (Å²) < 4.78 is 5.43. The number of carbonyl (C=O) groups is 2. The molecule has 0 aromatic carbocycles. The Morgan fingerprint density at radius 2 is 1.90 bits per heavy atom. The van der Waals surface area contributed by atoms with E-state index in [0.717, 1.165) is 0 Å². The van der Waals surface area contributed by atoms with Crippen LogP contribution in [0, 0.1) is 10.1 Å². The number of ether oxygens (including phenoxy) is 1. The van der Waals surface area contributed by atoms with Crippen molar-refractivity contribution < 1.29 is 19.2 Å². The van der Waals surface area contributed by atoms with Crippen LogP contribution in [0.25, 0.3) is 0 Å². The molecule has 2 saturated heterocycles. The fourth-order valence-corrected chi connectivity index (χ4v) is 3.90. The Kier molecular flexibility index (Phi) is 6.42. The molecule has 2 aliphatic rings. The molecule has 0 atom stereocenters. The molecule has 0 unspecified atom stereocenters. The number of hydrogen-bond donors (Lipinski definition) is 0. The summed E-state index contributed by atoms with van der Waals surface area (Å²) in [6, 6.07) is 3.06. The Balaban J connectivity index is 1.60. The summed E-state index contributed by atoms with van der Waals surface area (Å²) in [7, 11) is 0. The predicted octanol–water partition coefficient (Wildman–Crippen LogP) is 2.43. The van der Waals surface area contributed by atoms with Crippen LogP contribution in [0.1, 0.15) is 40.0 Å². The largest absolute Gasteiger partial charge is 0.444 e. The zero-order valence-electron chi connectivity index (χ0n) is 17.7. The predicted molar refractivity (Wildman–Crippen MR) is 110 cm³/mol. The van der Waals surface area contributed by atoms with E-state index in [1.165, 1.54) is 6.07 Å². The van der Waals surface area contributed by atoms with Gasteiger partial charge in [0.25, 0.3) is 0 Å². The Labute approximate surface area is 175 Å². The van der Waals surface area contributed by atoms with Crippen LogP contribution in [0.15, 0.2) is 18.3 Å². The molecule has 30 heavy (non-hydrogen) atoms. The van der Waals surface area contributed by atoms with Crippen LogP contribution in [0.4, 0.5) is 16.3 Å². The number of piperidine rings is 1. The maximum Gasteiger partial charge on any atom is 0.410 e. The minimum atomic E-state index is -0.575. The summed E-state index contributed by atoms with van der Waals surface area (Å²) in [4.78, 5) is 45.4. The number of aromatic nitrogens is 1. The molecule has 3 rings (SSSR count). The van der Waals surface area contributed by atoms with Gasteiger partial charge in [-0.1, -0.05) is 0 Å². The number of amides is 2. The van der Waals surface area contributed by atoms with Crippen molar-refractivity contribution in [3.63, 3.8) is 0 Å². The normalized spacial score (nSPS) is 18.9. The lowest BCUT2D eigenvalue weighted by Gasteiger charge is -2.38. The van der Waals surface area contributed by atoms with E-state index >= 15 is 0 Å². The highest BCUT2D eigenvalue weighted by molar-refractivity contribution is 5.78. The molecule has 0 N–H and O–H groups in total. The number of pyridine rings is 1. The summed E-state index contributed by atoms with van der Waals surface area (Å²) in [5.74, 6) is 0.405. The van der Waals surface area contributed by atoms with E-state index in [1.807, 2.05) is 30.6 Å². The van der Waals surface area contributed by atoms with Crippen molar-refractivity contribution in [3.05, 3.63) is 28.4 Å². The van der Waals surface area contributed by atoms with E-state index in [9.17, 15) is 19.7 Å². The fraction of sp³-hybridized carbons (Fsp3) is 0.650. The summed E-state index contributed by atoms with van der Waals surface area (Å²) in [5.41, 5.74) is -0.580. The summed E-state index contributed by atoms with van der Waals surface area (Å²) in [6.45, 7) is 7.88. The van der Waals surface area contributed by atoms with Crippen LogP contribution in [0.2, 0.25) is 0 Å². The molecule has 0 bridgehead atoms. The monoisotopic (exact) mass is 419 g/mol. The number of hydrogen-bond acceptors (Lipinski definition) is 7. The van der Waals surface area contributed by atoms with E-state index in [1.54, 1.807) is 17.2 Å². The average Bonchev–Trinajstić information content (AvgIpc) is 2.88. The van der Waals surface area contributed by atoms with Gasteiger partial charge < -0.3 is 19.4 Å². The Hall–Kier alpha value is -2.91. The van der Waals surface area contributed by atoms with Gasteiger partial charge in [-0.25, -0.2) is 9.78 Å². The number of carbonyl (C=O) groups excluding carboxylic acids is 2. The lowest BCUT2D eigenvalue weighted by molar-refractivity contribution is -0.384. The molecule has 164 valence electrons. The maximum absolute atomic E-state index is 12.7. The molecule has 0 radical (unpaired) electrons. The molecule has 0 aliphatic carbocycles. The van der Waals surface area contributed by atoms with Gasteiger partial charge in [0.05, 0.1) is 4.92 Å². The second kappa shape index (κ2) is 8.85. The first-order valence-electron chi connectivity index (χ1n) is 10.3. The van der Waals surface area contributed by atoms with E-state index in [0.29, 0.717) is 51.4 Å². The van der Waals surface area contributed by atoms with E-state index < -0.39 is 16.6 Å². The quantitative estimate of drug-likeness (QED) is 0.547. The maximum atomic E-state index is 12.7. The molecule has 10 nitrogen and oxygen atoms in total. The van der Waals surface area contributed by atoms with E-state index in [4.69, 9.17) is 4.74 Å². The smallest absolute Gasteiger partial charge is 0.410 e. The number of nitrogens with zero attached hydrogens (tertiary/aromatic N) is 5. The van der Waals surface area contributed by atoms with Crippen LogP contribution in [-0.4, -0.2) is 76.1 Å². The molecule has 2 aliphatic heterocycles. The first kappa shape index (κ1) is 21.8. The molecule has 0 spiro atoms. The SMILES string of the molecule is CC(C)(C)OC(=O)N1CCC(=O)N(C2CCN(c3ncccc3[N+](=O)[O-])CC2)CC1. The van der Waals surface area contributed by atoms with Gasteiger partial charge in [-0.05, 0) is 39.7 Å². The first-order chi connectivity index (χ1) is 14.2. The number of anilines is 1. The Bertz CT molecular complexity index is 801. The van der Waals surface area contributed by atoms with Gasteiger partial charge in [0.1, 0.15) is 5.60 Å². The van der Waals surface area contributed by atoms with Crippen LogP contribution < -0.4 is 4.90 Å². The van der Waals surface area contributed by atoms with Crippen LogP contribution in [0.3, 0.4) is 0 Å². The molecule has 2 amide bonds. The Morgan fingerprint density at radius 3 is 2.53 bits per heavy atom. The van der Waals surface area contributed by atoms with Gasteiger partial charge >= 0.3 is 11.8 Å². The van der Waals surface area contributed by atoms with E-state index in [-0.39, 0.29) is 24.1 Å². The number of nitro groups is 1. The van der Waals surface area contributed by atoms with Gasteiger partial charge in [0.15, 0.2) is 0 Å². The zero-order chi connectivity index (χ0) is 21.9. The summed E-state index contributed by atoms with van der Waals surface area (Å²) in [6.07, 6.45) is 2.83. The topological polar surface area (TPSA) is 109 Å². The Morgan fingerprint density at radius 1 is 1.20 bits per heavy atom. The second-order valence-corrected chi connectivity index (χ2v) is 8.63. The van der Waals surface area contributed by atoms with Crippen molar-refractivity contribution in [2.75, 3.05) is 37.6 Å². The highest BCUT2D eigenvalue weighted by atomic mass is 16.6. The summed E-state index contributed by atoms with van der Waals surface area (Å²) in [5, 5.41) is 11.3. The van der Waals surface area contributed by atoms with Gasteiger partial charge in [-0.3, -0.25) is 14.9 Å². The standard InChI is InChI=1S/C20H29N5O5/c1-20(2,3)30-19(27)23-12-8-17(26)24(14-13-23)15-6-10-22(11-7-15)18-16(25(28)29)5-4-9-21-18/h4-5,9,15H,6-8,10-14H2,1-3H3. The lowest BCUT2D eigenvalue weighted by Crippen LogP contribution is -2.48.